The molecule has 0 bridgehead atoms. The molecule has 0 unspecified atom stereocenters. The summed E-state index contributed by atoms with van der Waals surface area (Å²) in [6, 6.07) is 14.0. The van der Waals surface area contributed by atoms with Gasteiger partial charge in [0.25, 0.3) is 0 Å². The molecule has 8 heteroatoms. The van der Waals surface area contributed by atoms with Crippen LogP contribution in [0, 0.1) is 0 Å². The minimum atomic E-state index is -3.76. The molecule has 0 radical (unpaired) electrons. The molecule has 0 aliphatic carbocycles. The Balaban J connectivity index is 1.73. The number of benzene rings is 2. The Hall–Kier alpha value is -2.58. The molecule has 1 fully saturated rings. The van der Waals surface area contributed by atoms with Gasteiger partial charge < -0.3 is 14.4 Å². The second-order valence-corrected chi connectivity index (χ2v) is 9.45. The SMILES string of the molecule is COc1ccc(CN2C[C@]3(CCN(C(C)=O)C3)Oc3ccccc3S2(=O)=O)cc1. The summed E-state index contributed by atoms with van der Waals surface area (Å²) in [5.41, 5.74) is 0.0861. The maximum Gasteiger partial charge on any atom is 0.247 e. The van der Waals surface area contributed by atoms with Crippen molar-refractivity contribution in [3.63, 3.8) is 0 Å². The van der Waals surface area contributed by atoms with Crippen molar-refractivity contribution in [3.8, 4) is 11.5 Å². The summed E-state index contributed by atoms with van der Waals surface area (Å²) in [6.07, 6.45) is 0.579. The lowest BCUT2D eigenvalue weighted by Crippen LogP contribution is -2.49. The van der Waals surface area contributed by atoms with E-state index in [1.807, 2.05) is 24.3 Å². The Morgan fingerprint density at radius 3 is 2.52 bits per heavy atom. The summed E-state index contributed by atoms with van der Waals surface area (Å²) < 4.78 is 39.8. The lowest BCUT2D eigenvalue weighted by molar-refractivity contribution is -0.128. The van der Waals surface area contributed by atoms with E-state index in [2.05, 4.69) is 0 Å². The molecule has 1 amide bonds. The van der Waals surface area contributed by atoms with Crippen molar-refractivity contribution in [3.05, 3.63) is 54.1 Å². The van der Waals surface area contributed by atoms with Gasteiger partial charge >= 0.3 is 0 Å². The van der Waals surface area contributed by atoms with Gasteiger partial charge in [-0.15, -0.1) is 0 Å². The number of methoxy groups -OCH3 is 1. The van der Waals surface area contributed by atoms with Crippen molar-refractivity contribution in [1.82, 2.24) is 9.21 Å². The summed E-state index contributed by atoms with van der Waals surface area (Å²) in [4.78, 5) is 13.8. The van der Waals surface area contributed by atoms with Gasteiger partial charge in [0.1, 0.15) is 22.0 Å². The molecule has 2 aliphatic rings. The first-order valence-corrected chi connectivity index (χ1v) is 10.9. The van der Waals surface area contributed by atoms with E-state index >= 15 is 0 Å². The van der Waals surface area contributed by atoms with E-state index in [1.165, 1.54) is 11.2 Å². The van der Waals surface area contributed by atoms with Crippen LogP contribution in [0.2, 0.25) is 0 Å². The molecule has 0 aromatic heterocycles. The number of carbonyl (C=O) groups is 1. The highest BCUT2D eigenvalue weighted by Gasteiger charge is 2.48. The minimum Gasteiger partial charge on any atom is -0.497 e. The smallest absolute Gasteiger partial charge is 0.247 e. The van der Waals surface area contributed by atoms with Gasteiger partial charge in [0.2, 0.25) is 15.9 Å². The van der Waals surface area contributed by atoms with Crippen molar-refractivity contribution in [2.75, 3.05) is 26.7 Å². The van der Waals surface area contributed by atoms with Gasteiger partial charge in [0.05, 0.1) is 20.2 Å². The second kappa shape index (κ2) is 7.35. The summed E-state index contributed by atoms with van der Waals surface area (Å²) in [5.74, 6) is 1.02. The van der Waals surface area contributed by atoms with Gasteiger partial charge in [0.15, 0.2) is 0 Å². The Bertz CT molecular complexity index is 1020. The Morgan fingerprint density at radius 1 is 1.14 bits per heavy atom. The minimum absolute atomic E-state index is 0.0347. The molecule has 7 nitrogen and oxygen atoms in total. The van der Waals surface area contributed by atoms with Crippen LogP contribution < -0.4 is 9.47 Å². The number of nitrogens with zero attached hydrogens (tertiary/aromatic N) is 2. The van der Waals surface area contributed by atoms with E-state index in [0.29, 0.717) is 31.0 Å². The summed E-state index contributed by atoms with van der Waals surface area (Å²) in [6.45, 7) is 2.83. The lowest BCUT2D eigenvalue weighted by Gasteiger charge is -2.31. The molecule has 2 aromatic carbocycles. The van der Waals surface area contributed by atoms with E-state index in [0.717, 1.165) is 5.56 Å². The number of rotatable bonds is 3. The van der Waals surface area contributed by atoms with E-state index in [-0.39, 0.29) is 23.9 Å². The lowest BCUT2D eigenvalue weighted by atomic mass is 10.0. The van der Waals surface area contributed by atoms with Crippen LogP contribution in [-0.2, 0) is 21.4 Å². The number of para-hydroxylation sites is 1. The number of ether oxygens (including phenoxy) is 2. The Labute approximate surface area is 170 Å². The molecule has 154 valence electrons. The molecule has 1 saturated heterocycles. The number of hydrogen-bond donors (Lipinski definition) is 0. The molecular weight excluding hydrogens is 392 g/mol. The second-order valence-electron chi connectivity index (χ2n) is 7.54. The predicted molar refractivity (Wildman–Crippen MR) is 107 cm³/mol. The number of amides is 1. The summed E-state index contributed by atoms with van der Waals surface area (Å²) in [7, 11) is -2.17. The molecule has 0 saturated carbocycles. The van der Waals surface area contributed by atoms with Crippen LogP contribution in [-0.4, -0.2) is 55.9 Å². The van der Waals surface area contributed by atoms with Crippen molar-refractivity contribution < 1.29 is 22.7 Å². The van der Waals surface area contributed by atoms with E-state index in [4.69, 9.17) is 9.47 Å². The fourth-order valence-electron chi connectivity index (χ4n) is 3.96. The average Bonchev–Trinajstić information content (AvgIpc) is 3.09. The zero-order chi connectivity index (χ0) is 20.6. The van der Waals surface area contributed by atoms with Crippen LogP contribution in [0.15, 0.2) is 53.4 Å². The summed E-state index contributed by atoms with van der Waals surface area (Å²) >= 11 is 0. The molecule has 2 heterocycles. The molecule has 0 N–H and O–H groups in total. The first-order chi connectivity index (χ1) is 13.8. The van der Waals surface area contributed by atoms with E-state index < -0.39 is 15.6 Å². The monoisotopic (exact) mass is 416 g/mol. The highest BCUT2D eigenvalue weighted by atomic mass is 32.2. The first kappa shape index (κ1) is 19.7. The molecule has 2 aromatic rings. The topological polar surface area (TPSA) is 76.2 Å². The third-order valence-corrected chi connectivity index (χ3v) is 7.37. The molecule has 1 atom stereocenters. The standard InChI is InChI=1S/C21H24N2O5S/c1-16(24)22-12-11-21(14-22)15-23(13-17-7-9-18(27-2)10-8-17)29(25,26)20-6-4-3-5-19(20)28-21/h3-10H,11-15H2,1-2H3/t21-/m1/s1. The highest BCUT2D eigenvalue weighted by Crippen LogP contribution is 2.39. The van der Waals surface area contributed by atoms with Gasteiger partial charge in [-0.05, 0) is 29.8 Å². The molecule has 29 heavy (non-hydrogen) atoms. The first-order valence-electron chi connectivity index (χ1n) is 9.50. The van der Waals surface area contributed by atoms with Crippen LogP contribution in [0.5, 0.6) is 11.5 Å². The zero-order valence-corrected chi connectivity index (χ0v) is 17.3. The summed E-state index contributed by atoms with van der Waals surface area (Å²) in [5, 5.41) is 0. The van der Waals surface area contributed by atoms with Crippen molar-refractivity contribution in [2.24, 2.45) is 0 Å². The molecular formula is C21H24N2O5S. The number of carbonyl (C=O) groups excluding carboxylic acids is 1. The van der Waals surface area contributed by atoms with Gasteiger partial charge in [-0.25, -0.2) is 8.42 Å². The number of hydrogen-bond acceptors (Lipinski definition) is 5. The molecule has 4 rings (SSSR count). The van der Waals surface area contributed by atoms with Crippen LogP contribution in [0.25, 0.3) is 0 Å². The molecule has 1 spiro atoms. The van der Waals surface area contributed by atoms with Gasteiger partial charge in [-0.1, -0.05) is 24.3 Å². The van der Waals surface area contributed by atoms with Crippen molar-refractivity contribution in [2.45, 2.75) is 30.4 Å². The van der Waals surface area contributed by atoms with Crippen LogP contribution in [0.4, 0.5) is 0 Å². The quantitative estimate of drug-likeness (QED) is 0.767. The van der Waals surface area contributed by atoms with E-state index in [1.54, 1.807) is 36.3 Å². The maximum atomic E-state index is 13.4. The fraction of sp³-hybridized carbons (Fsp3) is 0.381. The fourth-order valence-corrected chi connectivity index (χ4v) is 5.58. The third kappa shape index (κ3) is 3.70. The predicted octanol–water partition coefficient (Wildman–Crippen LogP) is 2.27. The maximum absolute atomic E-state index is 13.4. The van der Waals surface area contributed by atoms with Crippen LogP contribution in [0.1, 0.15) is 18.9 Å². The third-order valence-electron chi connectivity index (χ3n) is 5.54. The van der Waals surface area contributed by atoms with Gasteiger partial charge in [-0.3, -0.25) is 4.79 Å². The van der Waals surface area contributed by atoms with Gasteiger partial charge in [0, 0.05) is 26.4 Å². The number of sulfonamides is 1. The van der Waals surface area contributed by atoms with Crippen LogP contribution in [0.3, 0.4) is 0 Å². The molecule has 2 aliphatic heterocycles. The normalized spacial score (nSPS) is 23.3. The van der Waals surface area contributed by atoms with Crippen LogP contribution >= 0.6 is 0 Å². The Morgan fingerprint density at radius 2 is 1.86 bits per heavy atom. The zero-order valence-electron chi connectivity index (χ0n) is 16.5. The Kier molecular flexibility index (Phi) is 5.00. The van der Waals surface area contributed by atoms with Crippen molar-refractivity contribution >= 4 is 15.9 Å². The largest absolute Gasteiger partial charge is 0.497 e. The highest BCUT2D eigenvalue weighted by molar-refractivity contribution is 7.89. The number of likely N-dealkylation sites (tertiary alicyclic amines) is 1. The average molecular weight is 416 g/mol. The van der Waals surface area contributed by atoms with Gasteiger partial charge in [-0.2, -0.15) is 4.31 Å². The number of fused-ring (bicyclic) bond motifs is 1. The van der Waals surface area contributed by atoms with E-state index in [9.17, 15) is 13.2 Å². The van der Waals surface area contributed by atoms with Crippen molar-refractivity contribution in [1.29, 1.82) is 0 Å².